The van der Waals surface area contributed by atoms with Gasteiger partial charge in [-0.1, -0.05) is 147 Å². The van der Waals surface area contributed by atoms with Crippen LogP contribution in [0.15, 0.2) is 170 Å². The van der Waals surface area contributed by atoms with Gasteiger partial charge >= 0.3 is 0 Å². The Bertz CT molecular complexity index is 5330. The molecule has 12 amide bonds. The minimum atomic E-state index is -1.90. The van der Waals surface area contributed by atoms with Crippen molar-refractivity contribution < 1.29 is 71.1 Å². The molecule has 7 aromatic carbocycles. The number of imide groups is 6. The summed E-state index contributed by atoms with van der Waals surface area (Å²) in [5.41, 5.74) is 8.81. The second kappa shape index (κ2) is 34.5. The predicted molar refractivity (Wildman–Crippen MR) is 468 cm³/mol. The van der Waals surface area contributed by atoms with E-state index in [0.717, 1.165) is 126 Å². The average Bonchev–Trinajstić information content (AvgIpc) is 1.59. The van der Waals surface area contributed by atoms with Crippen molar-refractivity contribution in [2.75, 3.05) is 32.1 Å². The Morgan fingerprint density at radius 1 is 0.358 bits per heavy atom. The van der Waals surface area contributed by atoms with E-state index in [4.69, 9.17) is 13.6 Å². The van der Waals surface area contributed by atoms with E-state index in [9.17, 15) is 57.5 Å². The Labute approximate surface area is 722 Å². The van der Waals surface area contributed by atoms with Gasteiger partial charge in [-0.15, -0.1) is 0 Å². The molecule has 11 aliphatic rings. The Morgan fingerprint density at radius 2 is 0.740 bits per heavy atom. The molecule has 640 valence electrons. The lowest BCUT2D eigenvalue weighted by molar-refractivity contribution is -0.144. The molecule has 5 aliphatic carbocycles. The number of anilines is 1. The summed E-state index contributed by atoms with van der Waals surface area (Å²) in [5, 5.41) is 0. The van der Waals surface area contributed by atoms with Gasteiger partial charge in [0, 0.05) is 52.5 Å². The molecule has 6 aliphatic heterocycles. The summed E-state index contributed by atoms with van der Waals surface area (Å²) in [4.78, 5) is 172. The highest BCUT2D eigenvalue weighted by molar-refractivity contribution is 6.84. The maximum atomic E-state index is 14.5. The first-order chi connectivity index (χ1) is 59.1. The monoisotopic (exact) mass is 1690 g/mol. The van der Waals surface area contributed by atoms with Crippen LogP contribution in [0.1, 0.15) is 197 Å². The minimum absolute atomic E-state index is 0.00267. The van der Waals surface area contributed by atoms with Crippen molar-refractivity contribution in [3.05, 3.63) is 209 Å². The molecule has 0 spiro atoms. The summed E-state index contributed by atoms with van der Waals surface area (Å²) in [5.74, 6) is -4.22. The molecule has 6 heterocycles. The summed E-state index contributed by atoms with van der Waals surface area (Å²) >= 11 is 0. The molecular formula is C100H112N6O15Si2. The molecule has 12 unspecified atom stereocenters. The van der Waals surface area contributed by atoms with E-state index in [1.807, 2.05) is 153 Å². The SMILES string of the molecule is CCCC[Si](C)(C)O[Si](C)(C)CCCN1C(=O)CC(C2CC3C(=O)N(C)C(=O)C3c3ccccc32)C1=O.Cc1ccc(Oc2ccc(-c3ccc(Oc4ccc(N5C(=O)CC(C6CC7C(=O)N(CC8CCC(CC9CCC(N%10C(=O)CC(C%11CC%12C(=O)N(C)C(=O)C%12c%12ccccc%12%11)C%10=O)CC9)CC8)C(=O)C7c7ccccc76)C5=O)cc4)cc3)cc2)cc1. The summed E-state index contributed by atoms with van der Waals surface area (Å²) in [7, 11) is -0.534. The summed E-state index contributed by atoms with van der Waals surface area (Å²) in [6, 6.07) is 55.5. The molecular weight excluding hydrogens is 1580 g/mol. The third kappa shape index (κ3) is 16.5. The number of nitrogens with zero attached hydrogens (tertiary/aromatic N) is 6. The second-order valence-electron chi connectivity index (χ2n) is 38.1. The number of fused-ring (bicyclic) bond motifs is 9. The number of amides is 12. The van der Waals surface area contributed by atoms with Gasteiger partial charge in [-0.3, -0.25) is 86.9 Å². The van der Waals surface area contributed by atoms with E-state index in [1.54, 1.807) is 29.2 Å². The number of rotatable bonds is 23. The van der Waals surface area contributed by atoms with E-state index in [2.05, 4.69) is 33.1 Å². The van der Waals surface area contributed by atoms with Crippen LogP contribution in [0, 0.1) is 60.2 Å². The zero-order valence-electron chi connectivity index (χ0n) is 71.8. The van der Waals surface area contributed by atoms with Crippen molar-refractivity contribution in [1.82, 2.24) is 24.5 Å². The lowest BCUT2D eigenvalue weighted by Gasteiger charge is -2.37. The van der Waals surface area contributed by atoms with Crippen molar-refractivity contribution in [2.45, 2.75) is 209 Å². The normalized spacial score (nSPS) is 28.1. The molecule has 12 atom stereocenters. The fraction of sp³-hybridized carbons (Fsp3) is 0.460. The van der Waals surface area contributed by atoms with Crippen LogP contribution < -0.4 is 14.4 Å². The van der Waals surface area contributed by atoms with Crippen LogP contribution in [-0.2, 0) is 61.6 Å². The van der Waals surface area contributed by atoms with Gasteiger partial charge in [-0.2, -0.15) is 0 Å². The highest BCUT2D eigenvalue weighted by Gasteiger charge is 2.60. The van der Waals surface area contributed by atoms with Crippen molar-refractivity contribution in [3.63, 3.8) is 0 Å². The molecule has 6 saturated heterocycles. The van der Waals surface area contributed by atoms with Gasteiger partial charge in [0.1, 0.15) is 23.0 Å². The number of ether oxygens (including phenoxy) is 2. The zero-order valence-corrected chi connectivity index (χ0v) is 73.8. The standard InChI is InChI=1S/C72H70N4O10.C28H42N2O5Si2/c1-41-11-27-49(28-12-41)85-50-29-19-45(20-30-50)46-21-31-51(32-22-46)86-52-33-25-48(26-34-52)76-64(78)39-60(70(76)82)58-37-62-66(56-10-6-4-8-54(56)58)72(84)74(68(62)80)40-44-15-13-42(14-16-44)35-43-17-23-47(24-18-43)75-63(77)38-59(69(75)81)57-36-61-65(71(83)73(2)67(61)79)55-9-5-3-7-53(55)57;1-7-8-15-36(3,4)35-37(5,6)16-11-14-30-24(31)18-22(27(30)33)21-17-23-25(28(34)29(2)26(23)32)20-13-10-9-12-19(20)21/h3-12,19-22,25-34,42-44,47,57-62,65-66H,13-18,23-24,35-40H2,1-2H3;9-10,12-13,21-23,25H,7-8,11,14-18H2,1-6H3. The number of hydrogen-bond acceptors (Lipinski definition) is 15. The van der Waals surface area contributed by atoms with Crippen molar-refractivity contribution in [1.29, 1.82) is 0 Å². The molecule has 7 aromatic rings. The van der Waals surface area contributed by atoms with Crippen LogP contribution in [-0.4, -0.2) is 145 Å². The van der Waals surface area contributed by atoms with Crippen LogP contribution in [0.3, 0.4) is 0 Å². The Kier molecular flexibility index (Phi) is 23.7. The summed E-state index contributed by atoms with van der Waals surface area (Å²) in [6.07, 6.45) is 12.9. The van der Waals surface area contributed by atoms with Gasteiger partial charge in [-0.05, 0) is 257 Å². The molecule has 123 heavy (non-hydrogen) atoms. The average molecular weight is 1690 g/mol. The second-order valence-corrected chi connectivity index (χ2v) is 46.9. The first kappa shape index (κ1) is 84.6. The number of benzene rings is 7. The van der Waals surface area contributed by atoms with E-state index in [-0.39, 0.29) is 114 Å². The highest BCUT2D eigenvalue weighted by Crippen LogP contribution is 2.57. The van der Waals surface area contributed by atoms with Gasteiger partial charge in [0.2, 0.25) is 70.9 Å². The molecule has 21 nitrogen and oxygen atoms in total. The molecule has 2 saturated carbocycles. The smallest absolute Gasteiger partial charge is 0.238 e. The minimum Gasteiger partial charge on any atom is -0.457 e. The number of hydrogen-bond donors (Lipinski definition) is 0. The fourth-order valence-corrected chi connectivity index (χ4v) is 32.2. The van der Waals surface area contributed by atoms with Crippen molar-refractivity contribution in [3.8, 4) is 34.1 Å². The maximum Gasteiger partial charge on any atom is 0.238 e. The first-order valence-electron chi connectivity index (χ1n) is 44.9. The number of likely N-dealkylation sites (tertiary alicyclic amines) is 5. The van der Waals surface area contributed by atoms with Crippen LogP contribution in [0.5, 0.6) is 23.0 Å². The Hall–Kier alpha value is -10.6. The lowest BCUT2D eigenvalue weighted by Crippen LogP contribution is -2.44. The van der Waals surface area contributed by atoms with E-state index < -0.39 is 75.8 Å². The van der Waals surface area contributed by atoms with Crippen LogP contribution >= 0.6 is 0 Å². The summed E-state index contributed by atoms with van der Waals surface area (Å²) < 4.78 is 18.9. The number of unbranched alkanes of at least 4 members (excludes halogenated alkanes) is 1. The van der Waals surface area contributed by atoms with Gasteiger partial charge in [0.05, 0.1) is 58.9 Å². The number of likely N-dealkylation sites (N-methyl/N-ethyl adjacent to an activating group) is 2. The first-order valence-corrected chi connectivity index (χ1v) is 51.1. The van der Waals surface area contributed by atoms with Gasteiger partial charge in [0.25, 0.3) is 0 Å². The van der Waals surface area contributed by atoms with Crippen LogP contribution in [0.4, 0.5) is 5.69 Å². The van der Waals surface area contributed by atoms with Crippen molar-refractivity contribution in [2.24, 2.45) is 53.3 Å². The Morgan fingerprint density at radius 3 is 1.22 bits per heavy atom. The molecule has 0 bridgehead atoms. The number of carbonyl (C=O) groups excluding carboxylic acids is 12. The van der Waals surface area contributed by atoms with Gasteiger partial charge in [0.15, 0.2) is 16.6 Å². The fourth-order valence-electron chi connectivity index (χ4n) is 23.2. The van der Waals surface area contributed by atoms with Crippen molar-refractivity contribution >= 4 is 93.2 Å². The lowest BCUT2D eigenvalue weighted by atomic mass is 9.67. The zero-order chi connectivity index (χ0) is 86.2. The number of carbonyl (C=O) groups is 12. The van der Waals surface area contributed by atoms with Crippen LogP contribution in [0.2, 0.25) is 38.3 Å². The van der Waals surface area contributed by atoms with Crippen LogP contribution in [0.25, 0.3) is 11.1 Å². The molecule has 18 rings (SSSR count). The third-order valence-corrected chi connectivity index (χ3v) is 36.9. The quantitative estimate of drug-likeness (QED) is 0.0426. The molecule has 0 aromatic heterocycles. The molecule has 0 radical (unpaired) electrons. The van der Waals surface area contributed by atoms with Gasteiger partial charge < -0.3 is 13.6 Å². The number of aryl methyl sites for hydroxylation is 1. The molecule has 23 heteroatoms. The van der Waals surface area contributed by atoms with E-state index >= 15 is 0 Å². The maximum absolute atomic E-state index is 14.5. The summed E-state index contributed by atoms with van der Waals surface area (Å²) in [6.45, 7) is 14.1. The Balaban J connectivity index is 0.000000243. The largest absolute Gasteiger partial charge is 0.457 e. The topological polar surface area (TPSA) is 252 Å². The third-order valence-electron chi connectivity index (χ3n) is 29.4. The molecule has 8 fully saturated rings. The van der Waals surface area contributed by atoms with E-state index in [0.29, 0.717) is 61.4 Å². The van der Waals surface area contributed by atoms with Gasteiger partial charge in [-0.25, -0.2) is 0 Å². The van der Waals surface area contributed by atoms with E-state index in [1.165, 1.54) is 63.0 Å². The highest BCUT2D eigenvalue weighted by atomic mass is 28.4. The molecule has 0 N–H and O–H groups in total. The predicted octanol–water partition coefficient (Wildman–Crippen LogP) is 17.3.